The first-order valence-electron chi connectivity index (χ1n) is 5.58. The first kappa shape index (κ1) is 12.1. The first-order chi connectivity index (χ1) is 9.28. The van der Waals surface area contributed by atoms with Crippen molar-refractivity contribution in [3.8, 4) is 11.3 Å². The van der Waals surface area contributed by atoms with Crippen molar-refractivity contribution < 1.29 is 4.52 Å². The quantitative estimate of drug-likeness (QED) is 0.708. The SMILES string of the molecule is CNC(=S)Nc1nc2onc(-c3ccccc3)c2s1. The van der Waals surface area contributed by atoms with Gasteiger partial charge in [0.15, 0.2) is 10.2 Å². The van der Waals surface area contributed by atoms with Gasteiger partial charge in [-0.1, -0.05) is 46.8 Å². The van der Waals surface area contributed by atoms with E-state index >= 15 is 0 Å². The summed E-state index contributed by atoms with van der Waals surface area (Å²) in [5.41, 5.74) is 2.33. The van der Waals surface area contributed by atoms with Crippen molar-refractivity contribution in [3.05, 3.63) is 30.3 Å². The van der Waals surface area contributed by atoms with Crippen molar-refractivity contribution in [2.75, 3.05) is 12.4 Å². The van der Waals surface area contributed by atoms with Gasteiger partial charge in [0.1, 0.15) is 10.4 Å². The minimum atomic E-state index is 0.519. The molecule has 3 rings (SSSR count). The summed E-state index contributed by atoms with van der Waals surface area (Å²) in [5.74, 6) is 0. The monoisotopic (exact) mass is 290 g/mol. The van der Waals surface area contributed by atoms with Gasteiger partial charge in [0.25, 0.3) is 5.71 Å². The van der Waals surface area contributed by atoms with Crippen LogP contribution in [0.3, 0.4) is 0 Å². The standard InChI is InChI=1S/C12H10N4OS2/c1-13-11(18)15-12-14-10-9(19-12)8(16-17-10)7-5-3-2-4-6-7/h2-6H,1H3,(H2,13,14,15,18). The molecule has 96 valence electrons. The maximum atomic E-state index is 5.24. The van der Waals surface area contributed by atoms with Gasteiger partial charge in [-0.15, -0.1) is 0 Å². The Morgan fingerprint density at radius 1 is 1.32 bits per heavy atom. The average Bonchev–Trinajstić information content (AvgIpc) is 2.99. The van der Waals surface area contributed by atoms with Crippen LogP contribution in [0.1, 0.15) is 0 Å². The molecule has 0 amide bonds. The summed E-state index contributed by atoms with van der Waals surface area (Å²) in [6.45, 7) is 0. The molecule has 0 radical (unpaired) electrons. The lowest BCUT2D eigenvalue weighted by molar-refractivity contribution is 0.452. The van der Waals surface area contributed by atoms with E-state index in [1.165, 1.54) is 11.3 Å². The Bertz CT molecular complexity index is 720. The predicted octanol–water partition coefficient (Wildman–Crippen LogP) is 2.87. The van der Waals surface area contributed by atoms with Gasteiger partial charge in [0, 0.05) is 12.6 Å². The molecule has 0 aliphatic rings. The van der Waals surface area contributed by atoms with Gasteiger partial charge in [-0.05, 0) is 12.2 Å². The van der Waals surface area contributed by atoms with Crippen LogP contribution < -0.4 is 10.6 Å². The highest BCUT2D eigenvalue weighted by Crippen LogP contribution is 2.34. The summed E-state index contributed by atoms with van der Waals surface area (Å²) in [7, 11) is 1.75. The molecule has 0 aliphatic heterocycles. The summed E-state index contributed by atoms with van der Waals surface area (Å²) in [6, 6.07) is 9.87. The van der Waals surface area contributed by atoms with Crippen molar-refractivity contribution in [2.24, 2.45) is 0 Å². The maximum absolute atomic E-state index is 5.24. The third-order valence-electron chi connectivity index (χ3n) is 2.53. The van der Waals surface area contributed by atoms with Gasteiger partial charge < -0.3 is 15.2 Å². The van der Waals surface area contributed by atoms with E-state index < -0.39 is 0 Å². The molecule has 0 saturated carbocycles. The van der Waals surface area contributed by atoms with Crippen LogP contribution in [0.2, 0.25) is 0 Å². The van der Waals surface area contributed by atoms with Crippen LogP contribution >= 0.6 is 23.6 Å². The third kappa shape index (κ3) is 2.29. The van der Waals surface area contributed by atoms with E-state index in [-0.39, 0.29) is 0 Å². The van der Waals surface area contributed by atoms with E-state index in [9.17, 15) is 0 Å². The number of thiazole rings is 1. The molecule has 0 bridgehead atoms. The molecule has 0 atom stereocenters. The van der Waals surface area contributed by atoms with E-state index in [0.29, 0.717) is 16.0 Å². The highest BCUT2D eigenvalue weighted by molar-refractivity contribution is 7.80. The van der Waals surface area contributed by atoms with Gasteiger partial charge in [0.05, 0.1) is 0 Å². The molecule has 2 aromatic heterocycles. The number of hydrogen-bond donors (Lipinski definition) is 2. The molecule has 0 spiro atoms. The van der Waals surface area contributed by atoms with Crippen molar-refractivity contribution in [1.29, 1.82) is 0 Å². The molecular formula is C12H10N4OS2. The van der Waals surface area contributed by atoms with Crippen LogP contribution in [-0.4, -0.2) is 22.3 Å². The van der Waals surface area contributed by atoms with Crippen LogP contribution in [0.25, 0.3) is 21.7 Å². The van der Waals surface area contributed by atoms with Crippen molar-refractivity contribution in [3.63, 3.8) is 0 Å². The lowest BCUT2D eigenvalue weighted by atomic mass is 10.2. The minimum Gasteiger partial charge on any atom is -0.365 e. The molecule has 0 aliphatic carbocycles. The second-order valence-corrected chi connectivity index (χ2v) is 5.16. The highest BCUT2D eigenvalue weighted by atomic mass is 32.1. The summed E-state index contributed by atoms with van der Waals surface area (Å²) in [4.78, 5) is 4.30. The Kier molecular flexibility index (Phi) is 3.14. The van der Waals surface area contributed by atoms with E-state index in [1.54, 1.807) is 7.05 Å². The predicted molar refractivity (Wildman–Crippen MR) is 80.4 cm³/mol. The summed E-state index contributed by atoms with van der Waals surface area (Å²) in [5, 5.41) is 11.1. The Hall–Kier alpha value is -1.99. The lowest BCUT2D eigenvalue weighted by Crippen LogP contribution is -2.23. The molecule has 2 N–H and O–H groups in total. The Balaban J connectivity index is 2.01. The number of benzene rings is 1. The summed E-state index contributed by atoms with van der Waals surface area (Å²) < 4.78 is 6.15. The second-order valence-electron chi connectivity index (χ2n) is 3.75. The average molecular weight is 290 g/mol. The molecule has 0 saturated heterocycles. The van der Waals surface area contributed by atoms with Gasteiger partial charge in [0.2, 0.25) is 0 Å². The fourth-order valence-corrected chi connectivity index (χ4v) is 2.70. The largest absolute Gasteiger partial charge is 0.365 e. The molecule has 0 fully saturated rings. The van der Waals surface area contributed by atoms with E-state index in [4.69, 9.17) is 16.7 Å². The van der Waals surface area contributed by atoms with Gasteiger partial charge in [-0.25, -0.2) is 0 Å². The number of fused-ring (bicyclic) bond motifs is 1. The van der Waals surface area contributed by atoms with Gasteiger partial charge in [-0.3, -0.25) is 0 Å². The smallest absolute Gasteiger partial charge is 0.271 e. The Labute approximate surface area is 118 Å². The zero-order valence-electron chi connectivity index (χ0n) is 10.0. The van der Waals surface area contributed by atoms with Crippen molar-refractivity contribution in [1.82, 2.24) is 15.5 Å². The molecular weight excluding hydrogens is 280 g/mol. The van der Waals surface area contributed by atoms with Crippen molar-refractivity contribution >= 4 is 44.2 Å². The second kappa shape index (κ2) is 4.94. The normalized spacial score (nSPS) is 10.6. The summed E-state index contributed by atoms with van der Waals surface area (Å²) in [6.07, 6.45) is 0. The fraction of sp³-hybridized carbons (Fsp3) is 0.0833. The Morgan fingerprint density at radius 2 is 2.11 bits per heavy atom. The lowest BCUT2D eigenvalue weighted by Gasteiger charge is -2.01. The molecule has 3 aromatic rings. The highest BCUT2D eigenvalue weighted by Gasteiger charge is 2.16. The van der Waals surface area contributed by atoms with Crippen LogP contribution in [0.15, 0.2) is 34.9 Å². The van der Waals surface area contributed by atoms with Crippen LogP contribution in [-0.2, 0) is 0 Å². The number of nitrogens with zero attached hydrogens (tertiary/aromatic N) is 2. The molecule has 1 aromatic carbocycles. The number of aromatic nitrogens is 2. The van der Waals surface area contributed by atoms with E-state index in [2.05, 4.69) is 20.8 Å². The van der Waals surface area contributed by atoms with Crippen LogP contribution in [0.5, 0.6) is 0 Å². The van der Waals surface area contributed by atoms with Crippen LogP contribution in [0.4, 0.5) is 5.13 Å². The molecule has 19 heavy (non-hydrogen) atoms. The number of rotatable bonds is 2. The number of hydrogen-bond acceptors (Lipinski definition) is 5. The summed E-state index contributed by atoms with van der Waals surface area (Å²) >= 11 is 6.50. The number of nitrogens with one attached hydrogen (secondary N) is 2. The minimum absolute atomic E-state index is 0.519. The zero-order chi connectivity index (χ0) is 13.2. The Morgan fingerprint density at radius 3 is 2.84 bits per heavy atom. The topological polar surface area (TPSA) is 63.0 Å². The molecule has 0 unspecified atom stereocenters. The number of anilines is 1. The van der Waals surface area contributed by atoms with E-state index in [1.807, 2.05) is 30.3 Å². The number of thiocarbonyl (C=S) groups is 1. The van der Waals surface area contributed by atoms with Gasteiger partial charge >= 0.3 is 0 Å². The zero-order valence-corrected chi connectivity index (χ0v) is 11.6. The van der Waals surface area contributed by atoms with Gasteiger partial charge in [-0.2, -0.15) is 4.98 Å². The third-order valence-corrected chi connectivity index (χ3v) is 3.79. The first-order valence-corrected chi connectivity index (χ1v) is 6.81. The van der Waals surface area contributed by atoms with Crippen LogP contribution in [0, 0.1) is 0 Å². The molecule has 7 heteroatoms. The van der Waals surface area contributed by atoms with Crippen molar-refractivity contribution in [2.45, 2.75) is 0 Å². The maximum Gasteiger partial charge on any atom is 0.271 e. The molecule has 5 nitrogen and oxygen atoms in total. The van der Waals surface area contributed by atoms with E-state index in [0.717, 1.165) is 16.0 Å². The molecule has 2 heterocycles. The fourth-order valence-electron chi connectivity index (χ4n) is 1.64.